The van der Waals surface area contributed by atoms with Crippen LogP contribution in [0.15, 0.2) is 58.0 Å². The summed E-state index contributed by atoms with van der Waals surface area (Å²) in [5.74, 6) is 0. The van der Waals surface area contributed by atoms with E-state index in [9.17, 15) is 4.79 Å². The SMILES string of the molecule is Cc1ccc2nc(-c3cc4ccc(N5CCCC(N(C)C)C5)cc4oc3=O)cn2c1. The van der Waals surface area contributed by atoms with Crippen LogP contribution < -0.4 is 10.5 Å². The van der Waals surface area contributed by atoms with Gasteiger partial charge in [-0.05, 0) is 63.7 Å². The van der Waals surface area contributed by atoms with Crippen LogP contribution in [-0.4, -0.2) is 47.5 Å². The van der Waals surface area contributed by atoms with Crippen molar-refractivity contribution in [3.8, 4) is 11.3 Å². The summed E-state index contributed by atoms with van der Waals surface area (Å²) < 4.78 is 7.67. The molecule has 0 amide bonds. The molecule has 0 aliphatic carbocycles. The molecule has 0 saturated carbocycles. The highest BCUT2D eigenvalue weighted by atomic mass is 16.4. The van der Waals surface area contributed by atoms with E-state index in [1.54, 1.807) is 0 Å². The van der Waals surface area contributed by atoms with E-state index in [1.807, 2.05) is 54.0 Å². The fraction of sp³-hybridized carbons (Fsp3) is 0.333. The predicted octanol–water partition coefficient (Wildman–Crippen LogP) is 3.95. The number of nitrogens with zero attached hydrogens (tertiary/aromatic N) is 4. The van der Waals surface area contributed by atoms with Crippen molar-refractivity contribution in [1.29, 1.82) is 0 Å². The summed E-state index contributed by atoms with van der Waals surface area (Å²) in [5, 5.41) is 0.905. The van der Waals surface area contributed by atoms with Gasteiger partial charge in [0.05, 0.1) is 11.3 Å². The molecule has 0 spiro atoms. The summed E-state index contributed by atoms with van der Waals surface area (Å²) in [5.41, 5.74) is 4.43. The molecule has 154 valence electrons. The average Bonchev–Trinajstić information content (AvgIpc) is 3.15. The maximum absolute atomic E-state index is 12.8. The zero-order valence-electron chi connectivity index (χ0n) is 17.6. The lowest BCUT2D eigenvalue weighted by Gasteiger charge is -2.37. The molecular weight excluding hydrogens is 376 g/mol. The predicted molar refractivity (Wildman–Crippen MR) is 120 cm³/mol. The number of aryl methyl sites for hydroxylation is 1. The van der Waals surface area contributed by atoms with Gasteiger partial charge in [0.15, 0.2) is 0 Å². The Morgan fingerprint density at radius 2 is 2.00 bits per heavy atom. The van der Waals surface area contributed by atoms with Crippen LogP contribution in [0.25, 0.3) is 27.9 Å². The normalized spacial score (nSPS) is 17.3. The third kappa shape index (κ3) is 3.37. The van der Waals surface area contributed by atoms with Crippen molar-refractivity contribution in [2.24, 2.45) is 0 Å². The molecule has 30 heavy (non-hydrogen) atoms. The fourth-order valence-corrected chi connectivity index (χ4v) is 4.32. The van der Waals surface area contributed by atoms with Crippen molar-refractivity contribution >= 4 is 22.3 Å². The number of pyridine rings is 1. The van der Waals surface area contributed by atoms with Gasteiger partial charge < -0.3 is 18.6 Å². The monoisotopic (exact) mass is 402 g/mol. The van der Waals surface area contributed by atoms with E-state index in [0.29, 0.717) is 22.9 Å². The number of piperidine rings is 1. The second-order valence-corrected chi connectivity index (χ2v) is 8.47. The van der Waals surface area contributed by atoms with E-state index in [1.165, 1.54) is 6.42 Å². The summed E-state index contributed by atoms with van der Waals surface area (Å²) >= 11 is 0. The van der Waals surface area contributed by atoms with Gasteiger partial charge in [0.25, 0.3) is 0 Å². The van der Waals surface area contributed by atoms with E-state index in [0.717, 1.165) is 41.8 Å². The van der Waals surface area contributed by atoms with Crippen molar-refractivity contribution in [3.63, 3.8) is 0 Å². The molecule has 5 rings (SSSR count). The summed E-state index contributed by atoms with van der Waals surface area (Å²) in [6.07, 6.45) is 6.26. The van der Waals surface area contributed by atoms with Crippen molar-refractivity contribution in [3.05, 3.63) is 64.8 Å². The van der Waals surface area contributed by atoms with E-state index < -0.39 is 0 Å². The Bertz CT molecular complexity index is 1290. The van der Waals surface area contributed by atoms with Crippen LogP contribution in [0, 0.1) is 6.92 Å². The number of likely N-dealkylation sites (N-methyl/N-ethyl adjacent to an activating group) is 1. The van der Waals surface area contributed by atoms with Crippen LogP contribution in [0.4, 0.5) is 5.69 Å². The van der Waals surface area contributed by atoms with Crippen molar-refractivity contribution < 1.29 is 4.42 Å². The van der Waals surface area contributed by atoms with Crippen LogP contribution in [0.2, 0.25) is 0 Å². The smallest absolute Gasteiger partial charge is 0.345 e. The zero-order chi connectivity index (χ0) is 20.8. The number of anilines is 1. The molecule has 0 N–H and O–H groups in total. The van der Waals surface area contributed by atoms with Crippen LogP contribution >= 0.6 is 0 Å². The minimum atomic E-state index is -0.357. The lowest BCUT2D eigenvalue weighted by molar-refractivity contribution is 0.258. The Hall–Kier alpha value is -3.12. The maximum Gasteiger partial charge on any atom is 0.345 e. The number of fused-ring (bicyclic) bond motifs is 2. The van der Waals surface area contributed by atoms with Gasteiger partial charge in [-0.1, -0.05) is 6.07 Å². The number of hydrogen-bond donors (Lipinski definition) is 0. The number of rotatable bonds is 3. The number of aromatic nitrogens is 2. The summed E-state index contributed by atoms with van der Waals surface area (Å²) in [4.78, 5) is 22.0. The van der Waals surface area contributed by atoms with Crippen LogP contribution in [0.1, 0.15) is 18.4 Å². The van der Waals surface area contributed by atoms with E-state index in [-0.39, 0.29) is 5.63 Å². The van der Waals surface area contributed by atoms with Gasteiger partial charge in [-0.25, -0.2) is 9.78 Å². The van der Waals surface area contributed by atoms with Gasteiger partial charge in [0.2, 0.25) is 0 Å². The van der Waals surface area contributed by atoms with Gasteiger partial charge in [0.1, 0.15) is 11.2 Å². The van der Waals surface area contributed by atoms with Gasteiger partial charge >= 0.3 is 5.63 Å². The quantitative estimate of drug-likeness (QED) is 0.486. The molecule has 1 atom stereocenters. The van der Waals surface area contributed by atoms with Crippen LogP contribution in [0.3, 0.4) is 0 Å². The first kappa shape index (κ1) is 18.9. The molecule has 1 aliphatic heterocycles. The molecule has 1 fully saturated rings. The van der Waals surface area contributed by atoms with Gasteiger partial charge in [-0.2, -0.15) is 0 Å². The Kier molecular flexibility index (Phi) is 4.59. The maximum atomic E-state index is 12.8. The molecule has 0 radical (unpaired) electrons. The molecule has 4 heterocycles. The second-order valence-electron chi connectivity index (χ2n) is 8.47. The first-order valence-electron chi connectivity index (χ1n) is 10.4. The molecule has 0 bridgehead atoms. The van der Waals surface area contributed by atoms with E-state index in [4.69, 9.17) is 4.42 Å². The lowest BCUT2D eigenvalue weighted by Crippen LogP contribution is -2.45. The highest BCUT2D eigenvalue weighted by molar-refractivity contribution is 5.84. The van der Waals surface area contributed by atoms with Crippen molar-refractivity contribution in [2.45, 2.75) is 25.8 Å². The Morgan fingerprint density at radius 3 is 2.83 bits per heavy atom. The Balaban J connectivity index is 1.51. The molecule has 6 heteroatoms. The van der Waals surface area contributed by atoms with E-state index in [2.05, 4.69) is 34.9 Å². The van der Waals surface area contributed by atoms with Crippen LogP contribution in [-0.2, 0) is 0 Å². The second kappa shape index (κ2) is 7.29. The third-order valence-electron chi connectivity index (χ3n) is 6.09. The highest BCUT2D eigenvalue weighted by Gasteiger charge is 2.22. The Labute approximate surface area is 175 Å². The largest absolute Gasteiger partial charge is 0.422 e. The van der Waals surface area contributed by atoms with Crippen molar-refractivity contribution in [2.75, 3.05) is 32.1 Å². The minimum Gasteiger partial charge on any atom is -0.422 e. The summed E-state index contributed by atoms with van der Waals surface area (Å²) in [6, 6.07) is 12.5. The van der Waals surface area contributed by atoms with E-state index >= 15 is 0 Å². The zero-order valence-corrected chi connectivity index (χ0v) is 17.6. The molecule has 1 unspecified atom stereocenters. The summed E-state index contributed by atoms with van der Waals surface area (Å²) in [6.45, 7) is 4.05. The lowest BCUT2D eigenvalue weighted by atomic mass is 10.0. The van der Waals surface area contributed by atoms with Crippen molar-refractivity contribution in [1.82, 2.24) is 14.3 Å². The Morgan fingerprint density at radius 1 is 1.13 bits per heavy atom. The van der Waals surface area contributed by atoms with Crippen LogP contribution in [0.5, 0.6) is 0 Å². The molecule has 6 nitrogen and oxygen atoms in total. The third-order valence-corrected chi connectivity index (χ3v) is 6.09. The highest BCUT2D eigenvalue weighted by Crippen LogP contribution is 2.27. The van der Waals surface area contributed by atoms with Gasteiger partial charge in [-0.3, -0.25) is 0 Å². The molecule has 1 saturated heterocycles. The first-order chi connectivity index (χ1) is 14.5. The standard InChI is InChI=1S/C24H26N4O2/c1-16-6-9-23-25-21(15-28(23)13-16)20-11-17-7-8-18(12-22(17)30-24(20)29)27-10-4-5-19(14-27)26(2)3/h6-9,11-13,15,19H,4-5,10,14H2,1-3H3. The fourth-order valence-electron chi connectivity index (χ4n) is 4.32. The molecule has 1 aliphatic rings. The van der Waals surface area contributed by atoms with Gasteiger partial charge in [0, 0.05) is 48.7 Å². The van der Waals surface area contributed by atoms with Gasteiger partial charge in [-0.15, -0.1) is 0 Å². The number of hydrogen-bond acceptors (Lipinski definition) is 5. The number of benzene rings is 1. The molecule has 3 aromatic heterocycles. The topological polar surface area (TPSA) is 54.0 Å². The number of imidazole rings is 1. The average molecular weight is 402 g/mol. The first-order valence-corrected chi connectivity index (χ1v) is 10.4. The minimum absolute atomic E-state index is 0.357. The molecular formula is C24H26N4O2. The summed E-state index contributed by atoms with van der Waals surface area (Å²) in [7, 11) is 4.27. The molecule has 4 aromatic rings. The molecule has 1 aromatic carbocycles.